The summed E-state index contributed by atoms with van der Waals surface area (Å²) in [7, 11) is 1.29. The molecule has 1 N–H and O–H groups in total. The maximum absolute atomic E-state index is 10.8. The predicted molar refractivity (Wildman–Crippen MR) is 48.9 cm³/mol. The Kier molecular flexibility index (Phi) is 3.50. The number of likely N-dealkylation sites (tertiary alicyclic amines) is 1. The molecule has 1 aliphatic rings. The summed E-state index contributed by atoms with van der Waals surface area (Å²) in [5.74, 6) is -0.456. The van der Waals surface area contributed by atoms with Crippen molar-refractivity contribution >= 4 is 12.1 Å². The van der Waals surface area contributed by atoms with Gasteiger partial charge in [0.2, 0.25) is 0 Å². The van der Waals surface area contributed by atoms with Crippen molar-refractivity contribution in [3.8, 4) is 0 Å². The molecule has 1 rings (SSSR count). The van der Waals surface area contributed by atoms with Gasteiger partial charge in [0.1, 0.15) is 0 Å². The average Bonchev–Trinajstić information content (AvgIpc) is 2.62. The van der Waals surface area contributed by atoms with Gasteiger partial charge in [-0.2, -0.15) is 0 Å². The Morgan fingerprint density at radius 2 is 2.29 bits per heavy atom. The van der Waals surface area contributed by atoms with Crippen molar-refractivity contribution in [1.82, 2.24) is 4.90 Å². The zero-order chi connectivity index (χ0) is 10.6. The third kappa shape index (κ3) is 2.48. The normalized spacial score (nSPS) is 21.5. The first-order chi connectivity index (χ1) is 6.65. The van der Waals surface area contributed by atoms with Crippen LogP contribution in [0.3, 0.4) is 0 Å². The van der Waals surface area contributed by atoms with Crippen LogP contribution in [0.2, 0.25) is 0 Å². The molecule has 5 nitrogen and oxygen atoms in total. The fourth-order valence-electron chi connectivity index (χ4n) is 1.49. The van der Waals surface area contributed by atoms with E-state index in [-0.39, 0.29) is 6.04 Å². The van der Waals surface area contributed by atoms with E-state index >= 15 is 0 Å². The monoisotopic (exact) mass is 199 g/mol. The number of hydrogen-bond acceptors (Lipinski definition) is 3. The first-order valence-corrected chi connectivity index (χ1v) is 4.41. The average molecular weight is 199 g/mol. The smallest absolute Gasteiger partial charge is 0.407 e. The lowest BCUT2D eigenvalue weighted by molar-refractivity contribution is -0.134. The van der Waals surface area contributed by atoms with Crippen LogP contribution in [-0.4, -0.2) is 41.8 Å². The zero-order valence-electron chi connectivity index (χ0n) is 7.97. The number of carbonyl (C=O) groups is 2. The second-order valence-corrected chi connectivity index (χ2v) is 3.07. The highest BCUT2D eigenvalue weighted by atomic mass is 16.5. The maximum atomic E-state index is 10.8. The quantitative estimate of drug-likeness (QED) is 0.529. The van der Waals surface area contributed by atoms with Crippen LogP contribution in [0.1, 0.15) is 12.8 Å². The summed E-state index contributed by atoms with van der Waals surface area (Å²) in [6, 6.07) is -0.188. The third-order valence-corrected chi connectivity index (χ3v) is 2.20. The number of nitrogens with zero attached hydrogens (tertiary/aromatic N) is 1. The fraction of sp³-hybridized carbons (Fsp3) is 0.556. The molecule has 1 aliphatic heterocycles. The lowest BCUT2D eigenvalue weighted by Crippen LogP contribution is -2.32. The van der Waals surface area contributed by atoms with Crippen LogP contribution >= 0.6 is 0 Å². The lowest BCUT2D eigenvalue weighted by atomic mass is 10.2. The highest BCUT2D eigenvalue weighted by molar-refractivity contribution is 5.82. The highest BCUT2D eigenvalue weighted by Crippen LogP contribution is 2.17. The number of esters is 1. The van der Waals surface area contributed by atoms with Gasteiger partial charge in [0.15, 0.2) is 0 Å². The van der Waals surface area contributed by atoms with Gasteiger partial charge in [0.05, 0.1) is 13.2 Å². The van der Waals surface area contributed by atoms with Crippen molar-refractivity contribution in [2.45, 2.75) is 18.9 Å². The Hall–Kier alpha value is -1.52. The molecule has 0 aliphatic carbocycles. The minimum atomic E-state index is -0.943. The van der Waals surface area contributed by atoms with Crippen LogP contribution in [0.5, 0.6) is 0 Å². The topological polar surface area (TPSA) is 66.8 Å². The number of carboxylic acid groups (broad SMARTS) is 1. The number of ether oxygens (including phenoxy) is 1. The summed E-state index contributed by atoms with van der Waals surface area (Å²) in [6.45, 7) is 0.533. The second kappa shape index (κ2) is 4.64. The molecule has 1 amide bonds. The first-order valence-electron chi connectivity index (χ1n) is 4.41. The minimum Gasteiger partial charge on any atom is -0.466 e. The Morgan fingerprint density at radius 3 is 2.86 bits per heavy atom. The van der Waals surface area contributed by atoms with Crippen LogP contribution in [0.15, 0.2) is 12.2 Å². The number of amides is 1. The Labute approximate surface area is 82.0 Å². The zero-order valence-corrected chi connectivity index (χ0v) is 7.97. The van der Waals surface area contributed by atoms with E-state index in [1.54, 1.807) is 6.08 Å². The second-order valence-electron chi connectivity index (χ2n) is 3.07. The highest BCUT2D eigenvalue weighted by Gasteiger charge is 2.26. The van der Waals surface area contributed by atoms with Gasteiger partial charge in [0.25, 0.3) is 0 Å². The molecule has 0 spiro atoms. The maximum Gasteiger partial charge on any atom is 0.407 e. The van der Waals surface area contributed by atoms with Gasteiger partial charge < -0.3 is 14.7 Å². The summed E-state index contributed by atoms with van der Waals surface area (Å²) < 4.78 is 4.41. The van der Waals surface area contributed by atoms with Gasteiger partial charge in [-0.1, -0.05) is 6.08 Å². The van der Waals surface area contributed by atoms with Gasteiger partial charge >= 0.3 is 12.1 Å². The molecular formula is C9H13NO4. The molecule has 78 valence electrons. The first kappa shape index (κ1) is 10.6. The molecule has 1 fully saturated rings. The van der Waals surface area contributed by atoms with E-state index < -0.39 is 12.1 Å². The SMILES string of the molecule is COC(=O)C=CC1CCCN1C(=O)O. The van der Waals surface area contributed by atoms with Crippen LogP contribution in [0, 0.1) is 0 Å². The van der Waals surface area contributed by atoms with Gasteiger partial charge in [-0.05, 0) is 12.8 Å². The van der Waals surface area contributed by atoms with Gasteiger partial charge in [0, 0.05) is 12.6 Å². The van der Waals surface area contributed by atoms with E-state index in [1.165, 1.54) is 18.1 Å². The molecule has 1 unspecified atom stereocenters. The van der Waals surface area contributed by atoms with Crippen molar-refractivity contribution in [1.29, 1.82) is 0 Å². The van der Waals surface area contributed by atoms with E-state index in [2.05, 4.69) is 4.74 Å². The molecule has 1 heterocycles. The fourth-order valence-corrected chi connectivity index (χ4v) is 1.49. The number of hydrogen-bond donors (Lipinski definition) is 1. The third-order valence-electron chi connectivity index (χ3n) is 2.20. The molecule has 0 bridgehead atoms. The molecular weight excluding hydrogens is 186 g/mol. The molecule has 1 atom stereocenters. The van der Waals surface area contributed by atoms with E-state index in [0.717, 1.165) is 12.8 Å². The van der Waals surface area contributed by atoms with E-state index in [1.807, 2.05) is 0 Å². The van der Waals surface area contributed by atoms with Gasteiger partial charge in [-0.25, -0.2) is 9.59 Å². The van der Waals surface area contributed by atoms with Crippen LogP contribution < -0.4 is 0 Å². The predicted octanol–water partition coefficient (Wildman–Crippen LogP) is 0.858. The summed E-state index contributed by atoms with van der Waals surface area (Å²) in [5, 5.41) is 8.78. The summed E-state index contributed by atoms with van der Waals surface area (Å²) in [5.41, 5.74) is 0. The van der Waals surface area contributed by atoms with Crippen molar-refractivity contribution < 1.29 is 19.4 Å². The summed E-state index contributed by atoms with van der Waals surface area (Å²) in [4.78, 5) is 22.8. The lowest BCUT2D eigenvalue weighted by Gasteiger charge is -2.17. The van der Waals surface area contributed by atoms with Crippen molar-refractivity contribution in [3.63, 3.8) is 0 Å². The van der Waals surface area contributed by atoms with Crippen LogP contribution in [0.4, 0.5) is 4.79 Å². The summed E-state index contributed by atoms with van der Waals surface area (Å²) in [6.07, 6.45) is 3.50. The number of carbonyl (C=O) groups excluding carboxylic acids is 1. The Balaban J connectivity index is 2.55. The van der Waals surface area contributed by atoms with E-state index in [0.29, 0.717) is 6.54 Å². The largest absolute Gasteiger partial charge is 0.466 e. The molecule has 1 saturated heterocycles. The Bertz CT molecular complexity index is 262. The van der Waals surface area contributed by atoms with E-state index in [9.17, 15) is 9.59 Å². The van der Waals surface area contributed by atoms with Gasteiger partial charge in [-0.3, -0.25) is 0 Å². The van der Waals surface area contributed by atoms with Crippen molar-refractivity contribution in [2.24, 2.45) is 0 Å². The van der Waals surface area contributed by atoms with E-state index in [4.69, 9.17) is 5.11 Å². The van der Waals surface area contributed by atoms with Crippen molar-refractivity contribution in [3.05, 3.63) is 12.2 Å². The van der Waals surface area contributed by atoms with Gasteiger partial charge in [-0.15, -0.1) is 0 Å². The minimum absolute atomic E-state index is 0.188. The summed E-state index contributed by atoms with van der Waals surface area (Å²) >= 11 is 0. The molecule has 0 aromatic heterocycles. The standard InChI is InChI=1S/C9H13NO4/c1-14-8(11)5-4-7-3-2-6-10(7)9(12)13/h4-5,7H,2-3,6H2,1H3,(H,12,13). The molecule has 0 saturated carbocycles. The van der Waals surface area contributed by atoms with Crippen LogP contribution in [-0.2, 0) is 9.53 Å². The molecule has 0 aromatic rings. The molecule has 0 aromatic carbocycles. The van der Waals surface area contributed by atoms with Crippen molar-refractivity contribution in [2.75, 3.05) is 13.7 Å². The number of methoxy groups -OCH3 is 1. The molecule has 0 radical (unpaired) electrons. The molecule has 5 heteroatoms. The number of rotatable bonds is 2. The molecule has 14 heavy (non-hydrogen) atoms. The Morgan fingerprint density at radius 1 is 1.57 bits per heavy atom. The van der Waals surface area contributed by atoms with Crippen LogP contribution in [0.25, 0.3) is 0 Å².